The van der Waals surface area contributed by atoms with Crippen LogP contribution in [0.5, 0.6) is 0 Å². The first-order valence-corrected chi connectivity index (χ1v) is 3.20. The van der Waals surface area contributed by atoms with Gasteiger partial charge in [-0.1, -0.05) is 0 Å². The van der Waals surface area contributed by atoms with Crippen LogP contribution < -0.4 is 30.6 Å². The molecule has 12 nitrogen and oxygen atoms in total. The minimum atomic E-state index is -2.19. The average Bonchev–Trinajstić information content (AvgIpc) is 2.18. The van der Waals surface area contributed by atoms with Crippen molar-refractivity contribution in [2.75, 3.05) is 0 Å². The molecule has 0 atom stereocenters. The molecule has 0 bridgehead atoms. The van der Waals surface area contributed by atoms with E-state index < -0.39 is 35.8 Å². The van der Waals surface area contributed by atoms with Gasteiger partial charge >= 0.3 is 0 Å². The van der Waals surface area contributed by atoms with E-state index in [4.69, 9.17) is 59.4 Å². The Labute approximate surface area is 96.3 Å². The number of hydrogen-bond acceptors (Lipinski definition) is 12. The van der Waals surface area contributed by atoms with Crippen molar-refractivity contribution in [3.63, 3.8) is 0 Å². The predicted molar refractivity (Wildman–Crippen MR) is 30.0 cm³/mol. The number of aliphatic carboxylic acids is 6. The molecule has 0 heterocycles. The summed E-state index contributed by atoms with van der Waals surface area (Å²) in [6.07, 6.45) is 0. The SMILES string of the molecule is O=C([O-])C(=O)[O-].O=C([O-])C(=O)[O-].O=C([O-])C(=O)[O-].[Cm].[Cm]. The molecule has 0 aliphatic rings. The van der Waals surface area contributed by atoms with E-state index in [9.17, 15) is 0 Å². The number of carboxylic acids is 6. The van der Waals surface area contributed by atoms with Gasteiger partial charge in [-0.25, -0.2) is 0 Å². The molecule has 14 heteroatoms. The van der Waals surface area contributed by atoms with E-state index in [1.54, 1.807) is 0 Å². The van der Waals surface area contributed by atoms with Gasteiger partial charge in [0.2, 0.25) is 0 Å². The van der Waals surface area contributed by atoms with Crippen LogP contribution in [0.15, 0.2) is 0 Å². The van der Waals surface area contributed by atoms with Gasteiger partial charge in [0.1, 0.15) is 0 Å². The van der Waals surface area contributed by atoms with Crippen LogP contribution in [-0.4, -0.2) is 35.8 Å². The normalized spacial score (nSPS) is 6.60. The van der Waals surface area contributed by atoms with E-state index in [2.05, 4.69) is 0 Å². The maximum absolute atomic E-state index is 8.93. The van der Waals surface area contributed by atoms with Gasteiger partial charge in [-0.15, -0.1) is 0 Å². The van der Waals surface area contributed by atoms with Gasteiger partial charge in [0.15, 0.2) is 0 Å². The molecule has 0 fully saturated rings. The smallest absolute Gasteiger partial charge is 0.0870 e. The van der Waals surface area contributed by atoms with Crippen LogP contribution in [0, 0.1) is 0 Å². The van der Waals surface area contributed by atoms with E-state index in [1.807, 2.05) is 0 Å². The van der Waals surface area contributed by atoms with Crippen molar-refractivity contribution in [2.24, 2.45) is 0 Å². The van der Waals surface area contributed by atoms with Crippen LogP contribution in [0.1, 0.15) is 0 Å². The zero-order chi connectivity index (χ0) is 15.5. The Morgan fingerprint density at radius 3 is 0.400 bits per heavy atom. The summed E-state index contributed by atoms with van der Waals surface area (Å²) < 4.78 is 0. The average molecular weight is 758 g/mol. The molecule has 0 saturated carbocycles. The third-order valence-corrected chi connectivity index (χ3v) is 0.500. The second-order valence-electron chi connectivity index (χ2n) is 1.72. The molecular weight excluding hydrogens is 758 g/mol. The van der Waals surface area contributed by atoms with Gasteiger partial charge in [-0.2, -0.15) is 0 Å². The standard InChI is InChI=1S/3C2H2O4.2Cm/c3*3-1(4)2(5)6;;/h3*(H,3,4)(H,5,6);;/p-6. The first kappa shape index (κ1) is 29.4. The first-order chi connectivity index (χ1) is 7.93. The van der Waals surface area contributed by atoms with Crippen molar-refractivity contribution >= 4 is 35.8 Å². The third kappa shape index (κ3) is 38.5. The molecule has 0 aliphatic carbocycles. The van der Waals surface area contributed by atoms with Crippen LogP contribution in [0.3, 0.4) is 0 Å². The molecule has 0 rings (SSSR count). The molecule has 20 heavy (non-hydrogen) atoms. The fraction of sp³-hybridized carbons (Fsp3) is 0. The fourth-order valence-corrected chi connectivity index (χ4v) is 0. The predicted octanol–water partition coefficient (Wildman–Crippen LogP) is -10.5. The molecule has 118 valence electrons. The van der Waals surface area contributed by atoms with Gasteiger partial charge in [0.05, 0.1) is 35.8 Å². The van der Waals surface area contributed by atoms with Crippen molar-refractivity contribution in [3.8, 4) is 0 Å². The van der Waals surface area contributed by atoms with Gasteiger partial charge in [0, 0.05) is 0 Å². The number of carbonyl (C=O) groups is 6. The zero-order valence-electron chi connectivity index (χ0n) is 8.61. The Hall–Kier alpha value is -5.18. The molecule has 0 aromatic rings. The Morgan fingerprint density at radius 2 is 0.400 bits per heavy atom. The molecule has 0 saturated heterocycles. The summed E-state index contributed by atoms with van der Waals surface area (Å²) in [6, 6.07) is 0. The van der Waals surface area contributed by atoms with Gasteiger partial charge in [0.25, 0.3) is 0 Å². The molecular formula is C6Cm2O12-6. The summed E-state index contributed by atoms with van der Waals surface area (Å²) in [6.45, 7) is 0. The van der Waals surface area contributed by atoms with Crippen molar-refractivity contribution in [1.82, 2.24) is 0 Å². The van der Waals surface area contributed by atoms with E-state index in [0.717, 1.165) is 0 Å². The van der Waals surface area contributed by atoms with E-state index >= 15 is 0 Å². The molecule has 0 aromatic carbocycles. The van der Waals surface area contributed by atoms with Crippen LogP contribution in [-0.2, 0) is 28.8 Å². The minimum Gasteiger partial charge on any atom is -0.543 e. The first-order valence-electron chi connectivity index (χ1n) is 3.20. The summed E-state index contributed by atoms with van der Waals surface area (Å²) in [5.41, 5.74) is 0. The Balaban J connectivity index is -0.0000000536. The minimum absolute atomic E-state index is 0. The quantitative estimate of drug-likeness (QED) is 0.209. The van der Waals surface area contributed by atoms with Crippen molar-refractivity contribution in [3.05, 3.63) is 0 Å². The fourth-order valence-electron chi connectivity index (χ4n) is 0. The Bertz CT molecular complexity index is 281. The third-order valence-electron chi connectivity index (χ3n) is 0.500. The van der Waals surface area contributed by atoms with Crippen molar-refractivity contribution in [2.45, 2.75) is 0 Å². The van der Waals surface area contributed by atoms with E-state index in [0.29, 0.717) is 0 Å². The summed E-state index contributed by atoms with van der Waals surface area (Å²) in [5, 5.41) is 53.6. The number of hydrogen-bond donors (Lipinski definition) is 0. The second-order valence-corrected chi connectivity index (χ2v) is 1.72. The number of carboxylic acid groups (broad SMARTS) is 6. The summed E-state index contributed by atoms with van der Waals surface area (Å²) in [7, 11) is 0. The van der Waals surface area contributed by atoms with Gasteiger partial charge < -0.3 is 59.4 Å². The largest absolute Gasteiger partial charge is 0.543 e. The molecule has 0 aliphatic heterocycles. The van der Waals surface area contributed by atoms with Crippen LogP contribution >= 0.6 is 0 Å². The monoisotopic (exact) mass is 750 g/mol. The van der Waals surface area contributed by atoms with Crippen LogP contribution in [0.4, 0.5) is 0 Å². The van der Waals surface area contributed by atoms with Gasteiger partial charge in [-0.3, -0.25) is 0 Å². The topological polar surface area (TPSA) is 241 Å². The summed E-state index contributed by atoms with van der Waals surface area (Å²) >= 11 is 0. The molecule has 0 radical (unpaired) electrons. The van der Waals surface area contributed by atoms with Crippen molar-refractivity contribution in [1.29, 1.82) is 0 Å². The molecule has 0 amide bonds. The summed E-state index contributed by atoms with van der Waals surface area (Å²) in [4.78, 5) is 53.6. The molecule has 0 unspecified atom stereocenters. The maximum atomic E-state index is 8.93. The van der Waals surface area contributed by atoms with E-state index in [1.165, 1.54) is 0 Å². The summed E-state index contributed by atoms with van der Waals surface area (Å²) in [5.74, 6) is -13.1. The van der Waals surface area contributed by atoms with E-state index in [-0.39, 0.29) is 0 Å². The second kappa shape index (κ2) is 13.8. The van der Waals surface area contributed by atoms with Crippen molar-refractivity contribution < 1.29 is 59.4 Å². The number of rotatable bonds is 0. The van der Waals surface area contributed by atoms with Crippen LogP contribution in [0.2, 0.25) is 0 Å². The number of carbonyl (C=O) groups excluding carboxylic acids is 6. The van der Waals surface area contributed by atoms with Gasteiger partial charge in [-0.05, 0) is 0 Å². The Kier molecular flexibility index (Phi) is 20.3. The van der Waals surface area contributed by atoms with Crippen LogP contribution in [0.25, 0.3) is 0 Å². The molecule has 0 N–H and O–H groups in total. The Morgan fingerprint density at radius 1 is 0.350 bits per heavy atom. The maximum Gasteiger partial charge on any atom is 0.0870 e. The zero-order valence-corrected chi connectivity index (χ0v) is 14.5. The molecule has 0 aromatic heterocycles. The molecule has 0 spiro atoms.